The molecule has 17 heavy (non-hydrogen) atoms. The molecule has 0 aromatic heterocycles. The summed E-state index contributed by atoms with van der Waals surface area (Å²) in [6.07, 6.45) is -0.809. The van der Waals surface area contributed by atoms with Crippen LogP contribution in [-0.4, -0.2) is 17.7 Å². The summed E-state index contributed by atoms with van der Waals surface area (Å²) in [5.41, 5.74) is 0.737. The molecule has 2 atom stereocenters. The zero-order chi connectivity index (χ0) is 12.8. The first-order valence-corrected chi connectivity index (χ1v) is 5.92. The van der Waals surface area contributed by atoms with Crippen LogP contribution in [0.4, 0.5) is 0 Å². The lowest BCUT2D eigenvalue weighted by Gasteiger charge is -2.18. The topological polar surface area (TPSA) is 46.5 Å². The van der Waals surface area contributed by atoms with Gasteiger partial charge in [-0.1, -0.05) is 44.2 Å². The molecule has 0 saturated heterocycles. The van der Waals surface area contributed by atoms with Gasteiger partial charge < -0.3 is 9.84 Å². The van der Waals surface area contributed by atoms with Crippen molar-refractivity contribution in [1.82, 2.24) is 0 Å². The predicted molar refractivity (Wildman–Crippen MR) is 66.4 cm³/mol. The molecule has 2 unspecified atom stereocenters. The summed E-state index contributed by atoms with van der Waals surface area (Å²) < 4.78 is 5.11. The normalized spacial score (nSPS) is 14.4. The van der Waals surface area contributed by atoms with Crippen molar-refractivity contribution in [2.24, 2.45) is 11.8 Å². The fourth-order valence-electron chi connectivity index (χ4n) is 1.45. The zero-order valence-corrected chi connectivity index (χ0v) is 10.6. The summed E-state index contributed by atoms with van der Waals surface area (Å²) in [7, 11) is 0. The zero-order valence-electron chi connectivity index (χ0n) is 10.6. The Morgan fingerprint density at radius 1 is 1.24 bits per heavy atom. The highest BCUT2D eigenvalue weighted by Gasteiger charge is 2.24. The van der Waals surface area contributed by atoms with E-state index in [1.54, 1.807) is 19.1 Å². The molecular formula is C14H20O3. The Labute approximate surface area is 102 Å². The number of ether oxygens (including phenoxy) is 1. The average molecular weight is 236 g/mol. The Hall–Kier alpha value is -1.35. The van der Waals surface area contributed by atoms with Crippen LogP contribution in [-0.2, 0) is 9.53 Å². The Bertz CT molecular complexity index is 346. The maximum Gasteiger partial charge on any atom is 0.311 e. The molecule has 1 rings (SSSR count). The largest absolute Gasteiger partial charge is 0.465 e. The summed E-state index contributed by atoms with van der Waals surface area (Å²) in [5, 5.41) is 10.0. The van der Waals surface area contributed by atoms with Crippen LogP contribution in [0.3, 0.4) is 0 Å². The fraction of sp³-hybridized carbons (Fsp3) is 0.500. The lowest BCUT2D eigenvalue weighted by atomic mass is 9.98. The monoisotopic (exact) mass is 236 g/mol. The van der Waals surface area contributed by atoms with Crippen LogP contribution in [0.5, 0.6) is 0 Å². The van der Waals surface area contributed by atoms with Gasteiger partial charge >= 0.3 is 5.97 Å². The number of aliphatic hydroxyl groups is 1. The van der Waals surface area contributed by atoms with Gasteiger partial charge in [-0.2, -0.15) is 0 Å². The molecule has 0 radical (unpaired) electrons. The number of benzene rings is 1. The van der Waals surface area contributed by atoms with Gasteiger partial charge in [0.2, 0.25) is 0 Å². The molecule has 0 spiro atoms. The summed E-state index contributed by atoms with van der Waals surface area (Å²) in [5.74, 6) is -0.591. The highest BCUT2D eigenvalue weighted by atomic mass is 16.5. The van der Waals surface area contributed by atoms with Crippen molar-refractivity contribution in [2.75, 3.05) is 6.61 Å². The summed E-state index contributed by atoms with van der Waals surface area (Å²) in [4.78, 5) is 11.7. The van der Waals surface area contributed by atoms with Crippen LogP contribution in [0.2, 0.25) is 0 Å². The van der Waals surface area contributed by atoms with Crippen molar-refractivity contribution >= 4 is 5.97 Å². The standard InChI is InChI=1S/C14H20O3/c1-10(2)9-17-14(16)11(3)13(15)12-7-5-4-6-8-12/h4-8,10-11,13,15H,9H2,1-3H3. The number of rotatable bonds is 5. The van der Waals surface area contributed by atoms with Crippen molar-refractivity contribution in [2.45, 2.75) is 26.9 Å². The minimum absolute atomic E-state index is 0.306. The first-order valence-electron chi connectivity index (χ1n) is 5.92. The van der Waals surface area contributed by atoms with E-state index in [0.717, 1.165) is 5.56 Å². The van der Waals surface area contributed by atoms with Gasteiger partial charge in [0, 0.05) is 0 Å². The Morgan fingerprint density at radius 3 is 2.35 bits per heavy atom. The van der Waals surface area contributed by atoms with Crippen LogP contribution in [0.1, 0.15) is 32.4 Å². The molecule has 94 valence electrons. The van der Waals surface area contributed by atoms with Gasteiger partial charge in [-0.3, -0.25) is 4.79 Å². The highest BCUT2D eigenvalue weighted by molar-refractivity contribution is 5.73. The second kappa shape index (κ2) is 6.40. The van der Waals surface area contributed by atoms with Crippen LogP contribution in [0.25, 0.3) is 0 Å². The SMILES string of the molecule is CC(C)COC(=O)C(C)C(O)c1ccccc1. The predicted octanol–water partition coefficient (Wildman–Crippen LogP) is 2.56. The Balaban J connectivity index is 2.57. The quantitative estimate of drug-likeness (QED) is 0.799. The Kier molecular flexibility index (Phi) is 5.16. The van der Waals surface area contributed by atoms with Gasteiger partial charge in [-0.25, -0.2) is 0 Å². The summed E-state index contributed by atoms with van der Waals surface area (Å²) in [6, 6.07) is 9.15. The molecule has 0 amide bonds. The van der Waals surface area contributed by atoms with Crippen LogP contribution < -0.4 is 0 Å². The second-order valence-electron chi connectivity index (χ2n) is 4.67. The molecule has 0 saturated carbocycles. The molecule has 1 aromatic rings. The summed E-state index contributed by atoms with van der Waals surface area (Å²) in [6.45, 7) is 6.03. The minimum Gasteiger partial charge on any atom is -0.465 e. The minimum atomic E-state index is -0.809. The molecule has 0 heterocycles. The number of hydrogen-bond donors (Lipinski definition) is 1. The van der Waals surface area contributed by atoms with Gasteiger partial charge in [0.25, 0.3) is 0 Å². The van der Waals surface area contributed by atoms with Gasteiger partial charge in [0.05, 0.1) is 18.6 Å². The van der Waals surface area contributed by atoms with Crippen LogP contribution in [0, 0.1) is 11.8 Å². The molecule has 0 bridgehead atoms. The van der Waals surface area contributed by atoms with Gasteiger partial charge in [-0.15, -0.1) is 0 Å². The molecule has 3 nitrogen and oxygen atoms in total. The average Bonchev–Trinajstić information content (AvgIpc) is 2.35. The molecule has 1 N–H and O–H groups in total. The first-order chi connectivity index (χ1) is 8.02. The maximum absolute atomic E-state index is 11.7. The van der Waals surface area contributed by atoms with E-state index in [1.807, 2.05) is 32.0 Å². The van der Waals surface area contributed by atoms with E-state index < -0.39 is 12.0 Å². The third-order valence-corrected chi connectivity index (χ3v) is 2.55. The highest BCUT2D eigenvalue weighted by Crippen LogP contribution is 2.22. The summed E-state index contributed by atoms with van der Waals surface area (Å²) >= 11 is 0. The van der Waals surface area contributed by atoms with Crippen molar-refractivity contribution < 1.29 is 14.6 Å². The smallest absolute Gasteiger partial charge is 0.311 e. The number of hydrogen-bond acceptors (Lipinski definition) is 3. The van der Waals surface area contributed by atoms with Crippen molar-refractivity contribution in [3.05, 3.63) is 35.9 Å². The first kappa shape index (κ1) is 13.7. The number of carbonyl (C=O) groups is 1. The molecular weight excluding hydrogens is 216 g/mol. The van der Waals surface area contributed by atoms with E-state index in [1.165, 1.54) is 0 Å². The van der Waals surface area contributed by atoms with E-state index in [9.17, 15) is 9.90 Å². The van der Waals surface area contributed by atoms with Gasteiger partial charge in [0.1, 0.15) is 0 Å². The van der Waals surface area contributed by atoms with E-state index in [4.69, 9.17) is 4.74 Å². The Morgan fingerprint density at radius 2 is 1.82 bits per heavy atom. The molecule has 0 fully saturated rings. The third-order valence-electron chi connectivity index (χ3n) is 2.55. The fourth-order valence-corrected chi connectivity index (χ4v) is 1.45. The van der Waals surface area contributed by atoms with Gasteiger partial charge in [0.15, 0.2) is 0 Å². The van der Waals surface area contributed by atoms with Crippen molar-refractivity contribution in [1.29, 1.82) is 0 Å². The second-order valence-corrected chi connectivity index (χ2v) is 4.67. The van der Waals surface area contributed by atoms with Crippen molar-refractivity contribution in [3.63, 3.8) is 0 Å². The number of carbonyl (C=O) groups excluding carboxylic acids is 1. The van der Waals surface area contributed by atoms with E-state index in [0.29, 0.717) is 12.5 Å². The van der Waals surface area contributed by atoms with E-state index >= 15 is 0 Å². The lowest BCUT2D eigenvalue weighted by Crippen LogP contribution is -2.23. The maximum atomic E-state index is 11.7. The molecule has 0 aliphatic heterocycles. The lowest BCUT2D eigenvalue weighted by molar-refractivity contribution is -0.153. The molecule has 0 aliphatic carbocycles. The number of aliphatic hydroxyl groups excluding tert-OH is 1. The molecule has 0 aliphatic rings. The third kappa shape index (κ3) is 4.19. The van der Waals surface area contributed by atoms with E-state index in [2.05, 4.69) is 0 Å². The van der Waals surface area contributed by atoms with Crippen LogP contribution >= 0.6 is 0 Å². The molecule has 1 aromatic carbocycles. The van der Waals surface area contributed by atoms with Gasteiger partial charge in [-0.05, 0) is 18.4 Å². The number of esters is 1. The van der Waals surface area contributed by atoms with Crippen LogP contribution in [0.15, 0.2) is 30.3 Å². The molecule has 3 heteroatoms. The van der Waals surface area contributed by atoms with E-state index in [-0.39, 0.29) is 5.97 Å². The van der Waals surface area contributed by atoms with Crippen molar-refractivity contribution in [3.8, 4) is 0 Å².